The minimum atomic E-state index is 0.248. The van der Waals surface area contributed by atoms with Crippen LogP contribution >= 0.6 is 0 Å². The molecule has 0 aliphatic heterocycles. The smallest absolute Gasteiger partial charge is 0.120 e. The van der Waals surface area contributed by atoms with Crippen molar-refractivity contribution < 1.29 is 0 Å². The number of hydrogen-bond acceptors (Lipinski definition) is 0. The van der Waals surface area contributed by atoms with E-state index in [1.807, 2.05) is 0 Å². The molecule has 0 aromatic heterocycles. The lowest BCUT2D eigenvalue weighted by atomic mass is 9.75. The van der Waals surface area contributed by atoms with E-state index in [0.717, 1.165) is 16.3 Å². The van der Waals surface area contributed by atoms with Gasteiger partial charge in [0.2, 0.25) is 0 Å². The summed E-state index contributed by atoms with van der Waals surface area (Å²) in [4.78, 5) is 0. The number of rotatable bonds is 0. The molecule has 0 heterocycles. The highest BCUT2D eigenvalue weighted by molar-refractivity contribution is 6.32. The zero-order chi connectivity index (χ0) is 11.9. The second-order valence-corrected chi connectivity index (χ2v) is 7.70. The fourth-order valence-corrected chi connectivity index (χ4v) is 2.39. The Kier molecular flexibility index (Phi) is 3.39. The molecule has 0 saturated heterocycles. The highest BCUT2D eigenvalue weighted by atomic mass is 27.0. The Morgan fingerprint density at radius 2 is 1.27 bits per heavy atom. The van der Waals surface area contributed by atoms with Crippen LogP contribution in [0.3, 0.4) is 0 Å². The summed E-state index contributed by atoms with van der Waals surface area (Å²) in [6.07, 6.45) is 0. The zero-order valence-electron chi connectivity index (χ0n) is 11.2. The van der Waals surface area contributed by atoms with E-state index in [1.54, 1.807) is 0 Å². The Bertz CT molecular complexity index is 351. The monoisotopic (exact) mass is 218 g/mol. The molecule has 0 spiro atoms. The lowest BCUT2D eigenvalue weighted by molar-refractivity contribution is 0.531. The van der Waals surface area contributed by atoms with Gasteiger partial charge in [0.15, 0.2) is 0 Å². The summed E-state index contributed by atoms with van der Waals surface area (Å²) in [5, 5.41) is 0. The molecular weight excluding hydrogens is 195 g/mol. The van der Waals surface area contributed by atoms with E-state index in [-0.39, 0.29) is 10.8 Å². The molecule has 82 valence electrons. The Hall–Kier alpha value is -0.248. The molecule has 1 aromatic rings. The summed E-state index contributed by atoms with van der Waals surface area (Å²) in [6.45, 7) is 13.8. The second kappa shape index (κ2) is 3.96. The van der Waals surface area contributed by atoms with Crippen molar-refractivity contribution in [3.63, 3.8) is 0 Å². The minimum absolute atomic E-state index is 0.248. The van der Waals surface area contributed by atoms with Gasteiger partial charge in [0, 0.05) is 0 Å². The van der Waals surface area contributed by atoms with Gasteiger partial charge in [-0.25, -0.2) is 0 Å². The summed E-state index contributed by atoms with van der Waals surface area (Å²) >= 11 is 1.14. The van der Waals surface area contributed by atoms with E-state index in [2.05, 4.69) is 59.7 Å². The minimum Gasteiger partial charge on any atom is -0.120 e. The molecule has 0 bridgehead atoms. The van der Waals surface area contributed by atoms with E-state index in [1.165, 1.54) is 15.6 Å². The first-order valence-electron chi connectivity index (χ1n) is 5.74. The van der Waals surface area contributed by atoms with Crippen molar-refractivity contribution in [2.24, 2.45) is 0 Å². The van der Waals surface area contributed by atoms with Crippen LogP contribution in [0.5, 0.6) is 0 Å². The van der Waals surface area contributed by atoms with Crippen LogP contribution in [0, 0.1) is 0 Å². The van der Waals surface area contributed by atoms with Gasteiger partial charge in [0.25, 0.3) is 16.3 Å². The van der Waals surface area contributed by atoms with Gasteiger partial charge >= 0.3 is 0 Å². The normalized spacial score (nSPS) is 12.9. The van der Waals surface area contributed by atoms with Crippen molar-refractivity contribution in [1.82, 2.24) is 0 Å². The average Bonchev–Trinajstić information content (AvgIpc) is 2.00. The van der Waals surface area contributed by atoms with Gasteiger partial charge in [-0.15, -0.1) is 4.43 Å². The van der Waals surface area contributed by atoms with E-state index in [4.69, 9.17) is 0 Å². The van der Waals surface area contributed by atoms with E-state index < -0.39 is 0 Å². The summed E-state index contributed by atoms with van der Waals surface area (Å²) in [5.41, 5.74) is 3.51. The summed E-state index contributed by atoms with van der Waals surface area (Å²) in [6, 6.07) is 7.00. The molecule has 0 N–H and O–H groups in total. The quantitative estimate of drug-likeness (QED) is 0.587. The van der Waals surface area contributed by atoms with Gasteiger partial charge in [0.1, 0.15) is 0 Å². The van der Waals surface area contributed by atoms with Crippen molar-refractivity contribution in [1.29, 1.82) is 0 Å². The molecule has 1 aromatic carbocycles. The van der Waals surface area contributed by atoms with Crippen LogP contribution in [-0.2, 0) is 10.8 Å². The van der Waals surface area contributed by atoms with Crippen LogP contribution in [0.15, 0.2) is 18.2 Å². The highest BCUT2D eigenvalue weighted by Gasteiger charge is 2.24. The van der Waals surface area contributed by atoms with Crippen LogP contribution in [0.25, 0.3) is 0 Å². The van der Waals surface area contributed by atoms with Gasteiger partial charge < -0.3 is 0 Å². The maximum atomic E-state index is 2.40. The van der Waals surface area contributed by atoms with Crippen LogP contribution in [0.2, 0.25) is 0 Å². The summed E-state index contributed by atoms with van der Waals surface area (Å²) in [5.74, 6) is 0. The van der Waals surface area contributed by atoms with E-state index in [9.17, 15) is 0 Å². The van der Waals surface area contributed by atoms with Gasteiger partial charge in [-0.1, -0.05) is 59.7 Å². The fraction of sp³-hybridized carbons (Fsp3) is 0.571. The molecule has 0 amide bonds. The third-order valence-corrected chi connectivity index (χ3v) is 3.41. The summed E-state index contributed by atoms with van der Waals surface area (Å²) < 4.78 is 1.49. The first-order valence-corrected chi connectivity index (χ1v) is 6.74. The van der Waals surface area contributed by atoms with Crippen molar-refractivity contribution >= 4 is 20.7 Å². The van der Waals surface area contributed by atoms with Crippen LogP contribution in [0.1, 0.15) is 52.7 Å². The highest BCUT2D eigenvalue weighted by Crippen LogP contribution is 2.32. The van der Waals surface area contributed by atoms with Gasteiger partial charge in [-0.05, 0) is 22.0 Å². The SMILES string of the molecule is CC(C)(C)c1cc[c]([AlH2])cc1C(C)(C)C. The molecular formula is C14H23Al. The molecule has 0 nitrogen and oxygen atoms in total. The standard InChI is InChI=1S/C14H21.Al.2H/c1-13(2,3)11-9-7-8-10-12(11)14(4,5)6;;;/h7,9-10H,1-6H3;;;. The average molecular weight is 218 g/mol. The van der Waals surface area contributed by atoms with Gasteiger partial charge in [0.05, 0.1) is 0 Å². The van der Waals surface area contributed by atoms with Crippen molar-refractivity contribution in [2.45, 2.75) is 52.4 Å². The van der Waals surface area contributed by atoms with E-state index in [0.29, 0.717) is 0 Å². The van der Waals surface area contributed by atoms with Crippen molar-refractivity contribution in [2.75, 3.05) is 0 Å². The zero-order valence-corrected chi connectivity index (χ0v) is 13.2. The third-order valence-electron chi connectivity index (χ3n) is 2.79. The Balaban J connectivity index is 3.41. The Morgan fingerprint density at radius 1 is 0.800 bits per heavy atom. The maximum Gasteiger partial charge on any atom is 0.258 e. The molecule has 0 fully saturated rings. The number of benzene rings is 1. The van der Waals surface area contributed by atoms with Crippen molar-refractivity contribution in [3.8, 4) is 0 Å². The first kappa shape index (κ1) is 12.8. The Morgan fingerprint density at radius 3 is 1.67 bits per heavy atom. The molecule has 0 atom stereocenters. The maximum absolute atomic E-state index is 2.40. The third kappa shape index (κ3) is 3.10. The lowest BCUT2D eigenvalue weighted by Gasteiger charge is -2.30. The molecule has 0 aliphatic rings. The molecule has 1 heteroatoms. The fourth-order valence-electron chi connectivity index (χ4n) is 1.93. The van der Waals surface area contributed by atoms with Crippen LogP contribution in [0.4, 0.5) is 0 Å². The lowest BCUT2D eigenvalue weighted by Crippen LogP contribution is -2.24. The predicted molar refractivity (Wildman–Crippen MR) is 72.0 cm³/mol. The molecule has 0 unspecified atom stereocenters. The van der Waals surface area contributed by atoms with Gasteiger partial charge in [-0.2, -0.15) is 0 Å². The van der Waals surface area contributed by atoms with Crippen molar-refractivity contribution in [3.05, 3.63) is 29.3 Å². The largest absolute Gasteiger partial charge is 0.258 e. The first-order chi connectivity index (χ1) is 6.62. The molecule has 0 radical (unpaired) electrons. The van der Waals surface area contributed by atoms with Crippen LogP contribution in [-0.4, -0.2) is 16.3 Å². The van der Waals surface area contributed by atoms with Crippen LogP contribution < -0.4 is 4.43 Å². The molecule has 0 saturated carbocycles. The molecule has 15 heavy (non-hydrogen) atoms. The second-order valence-electron chi connectivity index (χ2n) is 6.55. The Labute approximate surface area is 103 Å². The summed E-state index contributed by atoms with van der Waals surface area (Å²) in [7, 11) is 0. The topological polar surface area (TPSA) is 0 Å². The predicted octanol–water partition coefficient (Wildman–Crippen LogP) is 2.54. The molecule has 1 rings (SSSR count). The van der Waals surface area contributed by atoms with E-state index >= 15 is 0 Å². The number of hydrogen-bond donors (Lipinski definition) is 0. The van der Waals surface area contributed by atoms with Gasteiger partial charge in [-0.3, -0.25) is 0 Å². The molecule has 0 aliphatic carbocycles.